The number of halogens is 4. The zero-order chi connectivity index (χ0) is 48.3. The number of aromatic nitrogens is 3. The van der Waals surface area contributed by atoms with Crippen molar-refractivity contribution in [2.24, 2.45) is 24.4 Å². The lowest BCUT2D eigenvalue weighted by Crippen LogP contribution is -2.25. The van der Waals surface area contributed by atoms with Gasteiger partial charge in [-0.25, -0.2) is 32.2 Å². The normalized spacial score (nSPS) is 12.2. The van der Waals surface area contributed by atoms with E-state index in [1.807, 2.05) is 42.2 Å². The number of aromatic amines is 1. The van der Waals surface area contributed by atoms with Crippen LogP contribution in [-0.4, -0.2) is 75.1 Å². The Hall–Kier alpha value is -4.86. The van der Waals surface area contributed by atoms with Crippen LogP contribution < -0.4 is 10.3 Å². The molecule has 0 aliphatic carbocycles. The van der Waals surface area contributed by atoms with Gasteiger partial charge in [-0.2, -0.15) is 0 Å². The largest absolute Gasteiger partial charge is 0.381 e. The van der Waals surface area contributed by atoms with Gasteiger partial charge in [0.05, 0.1) is 17.2 Å². The van der Waals surface area contributed by atoms with Crippen molar-refractivity contribution in [2.75, 3.05) is 27.4 Å². The molecule has 0 saturated carbocycles. The van der Waals surface area contributed by atoms with Gasteiger partial charge in [-0.05, 0) is 122 Å². The number of nitrogens with zero attached hydrogens (tertiary/aromatic N) is 3. The Kier molecular flexibility index (Phi) is 18.3. The second-order valence-electron chi connectivity index (χ2n) is 14.6. The van der Waals surface area contributed by atoms with Crippen molar-refractivity contribution in [1.29, 1.82) is 0 Å². The van der Waals surface area contributed by atoms with Gasteiger partial charge in [-0.3, -0.25) is 14.4 Å². The average molecular weight is 1110 g/mol. The molecule has 1 aliphatic heterocycles. The molecule has 348 valence electrons. The van der Waals surface area contributed by atoms with Crippen LogP contribution in [0.4, 0.5) is 0 Å². The fourth-order valence-electron chi connectivity index (χ4n) is 6.36. The van der Waals surface area contributed by atoms with Gasteiger partial charge in [-0.15, -0.1) is 0 Å². The first-order chi connectivity index (χ1) is 31.2. The van der Waals surface area contributed by atoms with Gasteiger partial charge in [0, 0.05) is 111 Å². The van der Waals surface area contributed by atoms with Crippen LogP contribution in [0.15, 0.2) is 147 Å². The Bertz CT molecular complexity index is 3220. The molecule has 0 atom stereocenters. The second kappa shape index (κ2) is 23.2. The summed E-state index contributed by atoms with van der Waals surface area (Å²) in [5.74, 6) is -0.800. The van der Waals surface area contributed by atoms with E-state index in [0.717, 1.165) is 44.2 Å². The minimum Gasteiger partial charge on any atom is -0.381 e. The van der Waals surface area contributed by atoms with Crippen LogP contribution in [0, 0.1) is 0 Å². The summed E-state index contributed by atoms with van der Waals surface area (Å²) in [6.07, 6.45) is 8.47. The van der Waals surface area contributed by atoms with E-state index in [1.54, 1.807) is 12.1 Å². The van der Waals surface area contributed by atoms with E-state index >= 15 is 0 Å². The van der Waals surface area contributed by atoms with Crippen LogP contribution >= 0.6 is 55.1 Å². The molecule has 14 nitrogen and oxygen atoms in total. The maximum Gasteiger partial charge on any atom is 0.277 e. The molecular formula is C46H46Br2Cl2N6O8S2. The predicted octanol–water partition coefficient (Wildman–Crippen LogP) is 10.00. The number of hydrogen-bond donors (Lipinski definition) is 3. The van der Waals surface area contributed by atoms with Crippen molar-refractivity contribution in [2.45, 2.75) is 22.6 Å². The summed E-state index contributed by atoms with van der Waals surface area (Å²) >= 11 is 18.4. The molecule has 1 fully saturated rings. The van der Waals surface area contributed by atoms with Gasteiger partial charge in [0.15, 0.2) is 5.78 Å². The van der Waals surface area contributed by atoms with E-state index in [-0.39, 0.29) is 36.7 Å². The number of ether oxygens (including phenoxy) is 1. The van der Waals surface area contributed by atoms with E-state index in [4.69, 9.17) is 43.1 Å². The molecule has 1 aliphatic rings. The molecule has 0 bridgehead atoms. The highest BCUT2D eigenvalue weighted by molar-refractivity contribution is 9.10. The van der Waals surface area contributed by atoms with E-state index in [2.05, 4.69) is 97.1 Å². The molecule has 9 rings (SSSR count). The molecule has 8 aromatic rings. The van der Waals surface area contributed by atoms with Crippen molar-refractivity contribution in [3.63, 3.8) is 0 Å². The molecule has 3 aromatic heterocycles. The molecule has 1 saturated heterocycles. The van der Waals surface area contributed by atoms with E-state index in [0.29, 0.717) is 5.56 Å². The maximum absolute atomic E-state index is 12.6. The molecule has 1 amide bonds. The standard InChI is InChI=1S/C16H13ClN2O3S.C9H8BrN.C9H11ClN2O4S.C8H6BrN.C4H8O/c1-19-7-6-10-8-11(3-5-14(10)19)16(20)12-2-4-13(17)15(9-12)23(18,21)22;1-11-5-4-7-6-8(10)2-3-9(7)11;1-12(16-2)9(13)6-3-4-7(10)8(5-6)17(11,14)15;9-7-1-2-8-6(5-7)3-4-10-8;1-2-4-5-3-1/h2-9H,1H3,(H2,18,21,22);2-6H,1H3;3-5H,1-2H3,(H2,11,14,15);1-5,10H;1-4H2. The molecule has 66 heavy (non-hydrogen) atoms. The number of nitrogens with one attached hydrogen (secondary N) is 1. The Balaban J connectivity index is 0.000000166. The summed E-state index contributed by atoms with van der Waals surface area (Å²) in [6, 6.07) is 31.7. The van der Waals surface area contributed by atoms with Crippen molar-refractivity contribution in [3.05, 3.63) is 163 Å². The minimum absolute atomic E-state index is 0.0115. The first-order valence-electron chi connectivity index (χ1n) is 19.8. The third-order valence-corrected chi connectivity index (χ3v) is 13.7. The SMILES string of the molecule is Brc1ccc2[nH]ccc2c1.C1CCOC1.CON(C)C(=O)c1ccc(Cl)c(S(N)(=O)=O)c1.Cn1ccc2cc(Br)ccc21.Cn1ccc2cc(C(=O)c3ccc(Cl)c(S(N)(=O)=O)c3)ccc21. The quantitative estimate of drug-likeness (QED) is 0.108. The van der Waals surface area contributed by atoms with Crippen LogP contribution in [0.1, 0.15) is 39.1 Å². The number of fused-ring (bicyclic) bond motifs is 3. The van der Waals surface area contributed by atoms with E-state index < -0.39 is 26.0 Å². The number of benzene rings is 5. The molecular weight excluding hydrogens is 1060 g/mol. The topological polar surface area (TPSA) is 202 Å². The first-order valence-corrected chi connectivity index (χ1v) is 25.2. The predicted molar refractivity (Wildman–Crippen MR) is 268 cm³/mol. The summed E-state index contributed by atoms with van der Waals surface area (Å²) in [7, 11) is -1.28. The molecule has 4 heterocycles. The molecule has 20 heteroatoms. The molecule has 0 radical (unpaired) electrons. The fraction of sp³-hybridized carbons (Fsp3) is 0.174. The number of carbonyl (C=O) groups excluding carboxylic acids is 2. The number of hydrogen-bond acceptors (Lipinski definition) is 8. The van der Waals surface area contributed by atoms with Crippen molar-refractivity contribution in [1.82, 2.24) is 19.2 Å². The number of sulfonamides is 2. The smallest absolute Gasteiger partial charge is 0.277 e. The van der Waals surface area contributed by atoms with Gasteiger partial charge in [0.2, 0.25) is 20.0 Å². The summed E-state index contributed by atoms with van der Waals surface area (Å²) in [6.45, 7) is 2.00. The lowest BCUT2D eigenvalue weighted by molar-refractivity contribution is -0.0757. The molecule has 0 spiro atoms. The Labute approximate surface area is 409 Å². The number of carbonyl (C=O) groups is 2. The van der Waals surface area contributed by atoms with Crippen LogP contribution in [0.25, 0.3) is 32.7 Å². The zero-order valence-corrected chi connectivity index (χ0v) is 42.4. The number of nitrogens with two attached hydrogens (primary N) is 2. The number of hydroxylamine groups is 2. The summed E-state index contributed by atoms with van der Waals surface area (Å²) in [5.41, 5.74) is 4.25. The highest BCUT2D eigenvalue weighted by Crippen LogP contribution is 2.26. The maximum atomic E-state index is 12.6. The van der Waals surface area contributed by atoms with Crippen LogP contribution in [-0.2, 0) is 43.7 Å². The van der Waals surface area contributed by atoms with Crippen LogP contribution in [0.5, 0.6) is 0 Å². The third kappa shape index (κ3) is 14.1. The number of rotatable bonds is 6. The molecule has 5 aromatic carbocycles. The number of primary sulfonamides is 2. The van der Waals surface area contributed by atoms with Crippen LogP contribution in [0.2, 0.25) is 10.0 Å². The number of H-pyrrole nitrogens is 1. The van der Waals surface area contributed by atoms with Crippen LogP contribution in [0.3, 0.4) is 0 Å². The number of aryl methyl sites for hydroxylation is 2. The summed E-state index contributed by atoms with van der Waals surface area (Å²) in [4.78, 5) is 31.6. The van der Waals surface area contributed by atoms with Gasteiger partial charge in [-0.1, -0.05) is 55.1 Å². The highest BCUT2D eigenvalue weighted by Gasteiger charge is 2.19. The Morgan fingerprint density at radius 1 is 0.667 bits per heavy atom. The van der Waals surface area contributed by atoms with Gasteiger partial charge in [0.1, 0.15) is 9.79 Å². The monoisotopic (exact) mass is 1100 g/mol. The van der Waals surface area contributed by atoms with Crippen molar-refractivity contribution < 1.29 is 36.0 Å². The number of ketones is 1. The van der Waals surface area contributed by atoms with Gasteiger partial charge < -0.3 is 18.9 Å². The van der Waals surface area contributed by atoms with E-state index in [1.165, 1.54) is 79.1 Å². The molecule has 0 unspecified atom stereocenters. The summed E-state index contributed by atoms with van der Waals surface area (Å²) in [5, 5.41) is 14.4. The second-order valence-corrected chi connectivity index (χ2v) is 20.3. The number of amides is 1. The zero-order valence-electron chi connectivity index (χ0n) is 36.0. The third-order valence-electron chi connectivity index (χ3n) is 9.88. The Morgan fingerprint density at radius 3 is 1.67 bits per heavy atom. The minimum atomic E-state index is -3.99. The molecule has 5 N–H and O–H groups in total. The lowest BCUT2D eigenvalue weighted by atomic mass is 10.0. The van der Waals surface area contributed by atoms with Crippen molar-refractivity contribution >= 4 is 120 Å². The highest BCUT2D eigenvalue weighted by atomic mass is 79.9. The van der Waals surface area contributed by atoms with Gasteiger partial charge in [0.25, 0.3) is 5.91 Å². The fourth-order valence-corrected chi connectivity index (χ4v) is 9.26. The van der Waals surface area contributed by atoms with Crippen molar-refractivity contribution in [3.8, 4) is 0 Å². The van der Waals surface area contributed by atoms with E-state index in [9.17, 15) is 26.4 Å². The first kappa shape index (κ1) is 52.1. The Morgan fingerprint density at radius 2 is 1.14 bits per heavy atom. The van der Waals surface area contributed by atoms with Gasteiger partial charge >= 0.3 is 0 Å². The average Bonchev–Trinajstić information content (AvgIpc) is 4.13. The lowest BCUT2D eigenvalue weighted by Gasteiger charge is -2.14. The summed E-state index contributed by atoms with van der Waals surface area (Å²) < 4.78 is 56.7.